The number of carbonyl (C=O) groups is 3. The van der Waals surface area contributed by atoms with E-state index >= 15 is 0 Å². The van der Waals surface area contributed by atoms with Crippen LogP contribution in [0.3, 0.4) is 0 Å². The molecular formula is C12H13NO4. The summed E-state index contributed by atoms with van der Waals surface area (Å²) in [6.45, 7) is 3.65. The monoisotopic (exact) mass is 235 g/mol. The van der Waals surface area contributed by atoms with Crippen LogP contribution in [0.15, 0.2) is 24.3 Å². The van der Waals surface area contributed by atoms with Crippen molar-refractivity contribution >= 4 is 17.8 Å². The summed E-state index contributed by atoms with van der Waals surface area (Å²) >= 11 is 0. The second kappa shape index (κ2) is 5.79. The number of esters is 1. The number of benzene rings is 1. The highest BCUT2D eigenvalue weighted by Gasteiger charge is 2.25. The second-order valence-electron chi connectivity index (χ2n) is 3.25. The molecule has 0 atom stereocenters. The third-order valence-electron chi connectivity index (χ3n) is 1.99. The van der Waals surface area contributed by atoms with Gasteiger partial charge in [-0.1, -0.05) is 12.1 Å². The van der Waals surface area contributed by atoms with Crippen molar-refractivity contribution in [3.8, 4) is 0 Å². The highest BCUT2D eigenvalue weighted by atomic mass is 16.5. The van der Waals surface area contributed by atoms with E-state index < -0.39 is 0 Å². The smallest absolute Gasteiger partial charge is 0.302 e. The normalized spacial score (nSPS) is 12.1. The fourth-order valence-corrected chi connectivity index (χ4v) is 1.32. The van der Waals surface area contributed by atoms with Crippen LogP contribution in [-0.2, 0) is 9.53 Å². The summed E-state index contributed by atoms with van der Waals surface area (Å²) in [6, 6.07) is 6.74. The molecule has 1 aromatic rings. The van der Waals surface area contributed by atoms with Gasteiger partial charge in [0.1, 0.15) is 0 Å². The molecule has 1 aliphatic heterocycles. The van der Waals surface area contributed by atoms with Gasteiger partial charge >= 0.3 is 5.97 Å². The Kier molecular flexibility index (Phi) is 4.39. The lowest BCUT2D eigenvalue weighted by atomic mass is 10.1. The Bertz CT molecular complexity index is 421. The van der Waals surface area contributed by atoms with E-state index in [0.29, 0.717) is 17.7 Å². The van der Waals surface area contributed by atoms with Gasteiger partial charge in [0.05, 0.1) is 17.7 Å². The molecule has 1 aliphatic rings. The third-order valence-corrected chi connectivity index (χ3v) is 1.99. The Hall–Kier alpha value is -2.17. The maximum atomic E-state index is 10.9. The maximum absolute atomic E-state index is 10.9. The number of nitrogens with one attached hydrogen (secondary N) is 1. The zero-order valence-electron chi connectivity index (χ0n) is 9.65. The van der Waals surface area contributed by atoms with Crippen molar-refractivity contribution in [2.75, 3.05) is 6.61 Å². The fraction of sp³-hybridized carbons (Fsp3) is 0.250. The molecule has 0 fully saturated rings. The number of amides is 2. The average molecular weight is 235 g/mol. The average Bonchev–Trinajstić information content (AvgIpc) is 2.56. The van der Waals surface area contributed by atoms with Crippen LogP contribution in [-0.4, -0.2) is 24.4 Å². The summed E-state index contributed by atoms with van der Waals surface area (Å²) in [5.41, 5.74) is 0.940. The summed E-state index contributed by atoms with van der Waals surface area (Å²) in [5, 5.41) is 2.20. The molecule has 0 saturated heterocycles. The highest BCUT2D eigenvalue weighted by molar-refractivity contribution is 6.21. The summed E-state index contributed by atoms with van der Waals surface area (Å²) in [4.78, 5) is 31.7. The zero-order valence-corrected chi connectivity index (χ0v) is 9.65. The maximum Gasteiger partial charge on any atom is 0.302 e. The first-order valence-corrected chi connectivity index (χ1v) is 5.14. The predicted molar refractivity (Wildman–Crippen MR) is 60.5 cm³/mol. The molecule has 17 heavy (non-hydrogen) atoms. The van der Waals surface area contributed by atoms with Crippen LogP contribution in [0.4, 0.5) is 0 Å². The Balaban J connectivity index is 0.000000209. The Morgan fingerprint density at radius 2 is 1.65 bits per heavy atom. The molecule has 1 N–H and O–H groups in total. The molecule has 1 heterocycles. The molecular weight excluding hydrogens is 222 g/mol. The minimum atomic E-state index is -0.300. The van der Waals surface area contributed by atoms with Gasteiger partial charge in [-0.3, -0.25) is 19.7 Å². The van der Waals surface area contributed by atoms with Gasteiger partial charge in [-0.05, 0) is 19.1 Å². The number of fused-ring (bicyclic) bond motifs is 1. The molecule has 0 bridgehead atoms. The molecule has 5 heteroatoms. The molecule has 1 aromatic carbocycles. The van der Waals surface area contributed by atoms with Gasteiger partial charge in [0, 0.05) is 6.92 Å². The molecule has 0 radical (unpaired) electrons. The Labute approximate surface area is 98.8 Å². The molecule has 2 amide bonds. The van der Waals surface area contributed by atoms with Gasteiger partial charge in [-0.2, -0.15) is 0 Å². The van der Waals surface area contributed by atoms with Gasteiger partial charge < -0.3 is 4.74 Å². The molecule has 0 saturated carbocycles. The van der Waals surface area contributed by atoms with Gasteiger partial charge in [0.2, 0.25) is 0 Å². The molecule has 5 nitrogen and oxygen atoms in total. The minimum absolute atomic E-state index is 0.211. The summed E-state index contributed by atoms with van der Waals surface area (Å²) < 4.78 is 4.40. The van der Waals surface area contributed by atoms with E-state index in [1.54, 1.807) is 31.2 Å². The first-order valence-electron chi connectivity index (χ1n) is 5.14. The lowest BCUT2D eigenvalue weighted by molar-refractivity contribution is -0.140. The van der Waals surface area contributed by atoms with Crippen molar-refractivity contribution in [3.05, 3.63) is 35.4 Å². The van der Waals surface area contributed by atoms with Crippen LogP contribution in [0.5, 0.6) is 0 Å². The van der Waals surface area contributed by atoms with Crippen LogP contribution in [0.2, 0.25) is 0 Å². The van der Waals surface area contributed by atoms with Gasteiger partial charge in [0.15, 0.2) is 0 Å². The number of rotatable bonds is 1. The van der Waals surface area contributed by atoms with Gasteiger partial charge in [-0.25, -0.2) is 0 Å². The first kappa shape index (κ1) is 12.9. The number of ether oxygens (including phenoxy) is 1. The first-order chi connectivity index (χ1) is 8.06. The van der Waals surface area contributed by atoms with Crippen LogP contribution < -0.4 is 5.32 Å². The standard InChI is InChI=1S/C8H5NO2.C4H8O2/c10-7-5-3-1-2-4-6(5)8(11)9-7;1-3-6-4(2)5/h1-4H,(H,9,10,11);3H2,1-2H3. The van der Waals surface area contributed by atoms with Crippen molar-refractivity contribution in [1.82, 2.24) is 5.32 Å². The van der Waals surface area contributed by atoms with E-state index in [9.17, 15) is 14.4 Å². The number of hydrogen-bond donors (Lipinski definition) is 1. The Morgan fingerprint density at radius 1 is 1.18 bits per heavy atom. The van der Waals surface area contributed by atoms with Crippen LogP contribution >= 0.6 is 0 Å². The molecule has 2 rings (SSSR count). The summed E-state index contributed by atoms with van der Waals surface area (Å²) in [5.74, 6) is -0.811. The van der Waals surface area contributed by atoms with Gasteiger partial charge in [-0.15, -0.1) is 0 Å². The van der Waals surface area contributed by atoms with E-state index in [4.69, 9.17) is 0 Å². The van der Waals surface area contributed by atoms with Crippen LogP contribution in [0.25, 0.3) is 0 Å². The Morgan fingerprint density at radius 3 is 1.94 bits per heavy atom. The predicted octanol–water partition coefficient (Wildman–Crippen LogP) is 1.14. The molecule has 0 spiro atoms. The van der Waals surface area contributed by atoms with Crippen LogP contribution in [0, 0.1) is 0 Å². The molecule has 0 unspecified atom stereocenters. The number of hydrogen-bond acceptors (Lipinski definition) is 4. The highest BCUT2D eigenvalue weighted by Crippen LogP contribution is 2.13. The lowest BCUT2D eigenvalue weighted by Crippen LogP contribution is -2.19. The van der Waals surface area contributed by atoms with E-state index in [1.165, 1.54) is 6.92 Å². The van der Waals surface area contributed by atoms with Crippen molar-refractivity contribution in [2.45, 2.75) is 13.8 Å². The third kappa shape index (κ3) is 3.41. The summed E-state index contributed by atoms with van der Waals surface area (Å²) in [6.07, 6.45) is 0. The van der Waals surface area contributed by atoms with E-state index in [0.717, 1.165) is 0 Å². The number of carbonyl (C=O) groups excluding carboxylic acids is 3. The fourth-order valence-electron chi connectivity index (χ4n) is 1.32. The van der Waals surface area contributed by atoms with Gasteiger partial charge in [0.25, 0.3) is 11.8 Å². The minimum Gasteiger partial charge on any atom is -0.466 e. The molecule has 90 valence electrons. The van der Waals surface area contributed by atoms with Crippen molar-refractivity contribution in [3.63, 3.8) is 0 Å². The second-order valence-corrected chi connectivity index (χ2v) is 3.25. The summed E-state index contributed by atoms with van der Waals surface area (Å²) in [7, 11) is 0. The van der Waals surface area contributed by atoms with Crippen molar-refractivity contribution in [2.24, 2.45) is 0 Å². The van der Waals surface area contributed by atoms with Crippen molar-refractivity contribution in [1.29, 1.82) is 0 Å². The van der Waals surface area contributed by atoms with Crippen molar-refractivity contribution < 1.29 is 19.1 Å². The quantitative estimate of drug-likeness (QED) is 0.585. The van der Waals surface area contributed by atoms with E-state index in [1.807, 2.05) is 0 Å². The SMILES string of the molecule is CCOC(C)=O.O=C1NC(=O)c2ccccc21. The molecule has 0 aromatic heterocycles. The number of imide groups is 1. The van der Waals surface area contributed by atoms with Crippen LogP contribution in [0.1, 0.15) is 34.6 Å². The largest absolute Gasteiger partial charge is 0.466 e. The van der Waals surface area contributed by atoms with E-state index in [-0.39, 0.29) is 17.8 Å². The molecule has 0 aliphatic carbocycles. The van der Waals surface area contributed by atoms with E-state index in [2.05, 4.69) is 10.1 Å². The topological polar surface area (TPSA) is 72.5 Å². The lowest BCUT2D eigenvalue weighted by Gasteiger charge is -1.89. The zero-order chi connectivity index (χ0) is 12.8.